The third-order valence-corrected chi connectivity index (χ3v) is 4.99. The Morgan fingerprint density at radius 2 is 2.08 bits per heavy atom. The summed E-state index contributed by atoms with van der Waals surface area (Å²) in [5, 5.41) is 6.31. The number of hydrogen-bond acceptors (Lipinski definition) is 5. The molecule has 4 N–H and O–H groups in total. The fourth-order valence-electron chi connectivity index (χ4n) is 2.37. The molecule has 25 heavy (non-hydrogen) atoms. The summed E-state index contributed by atoms with van der Waals surface area (Å²) >= 11 is 1.36. The number of rotatable bonds is 8. The normalized spacial score (nSPS) is 14.5. The number of fused-ring (bicyclic) bond motifs is 1. The lowest BCUT2D eigenvalue weighted by Crippen LogP contribution is -2.56. The fraction of sp³-hybridized carbons (Fsp3) is 0.389. The van der Waals surface area contributed by atoms with Crippen molar-refractivity contribution in [3.8, 4) is 0 Å². The second-order valence-corrected chi connectivity index (χ2v) is 7.33. The predicted molar refractivity (Wildman–Crippen MR) is 99.7 cm³/mol. The van der Waals surface area contributed by atoms with Crippen molar-refractivity contribution < 1.29 is 14.4 Å². The molecule has 0 saturated heterocycles. The third kappa shape index (κ3) is 4.87. The van der Waals surface area contributed by atoms with E-state index in [0.717, 1.165) is 16.5 Å². The maximum atomic E-state index is 12.5. The minimum absolute atomic E-state index is 0.0105. The second kappa shape index (κ2) is 8.22. The van der Waals surface area contributed by atoms with Gasteiger partial charge in [0.1, 0.15) is 11.8 Å². The summed E-state index contributed by atoms with van der Waals surface area (Å²) in [7, 11) is 0. The topological polar surface area (TPSA) is 101 Å². The number of nitrogens with two attached hydrogens (primary N) is 1. The van der Waals surface area contributed by atoms with Gasteiger partial charge in [0.25, 0.3) is 5.91 Å². The van der Waals surface area contributed by atoms with Crippen LogP contribution in [0.2, 0.25) is 0 Å². The van der Waals surface area contributed by atoms with Crippen molar-refractivity contribution in [1.82, 2.24) is 10.6 Å². The number of nitrogens with one attached hydrogen (secondary N) is 2. The average molecular weight is 361 g/mol. The molecule has 6 nitrogen and oxygen atoms in total. The van der Waals surface area contributed by atoms with E-state index in [-0.39, 0.29) is 18.4 Å². The number of hydrogen-bond donors (Lipinski definition) is 3. The average Bonchev–Trinajstić information content (AvgIpc) is 3.04. The maximum Gasteiger partial charge on any atom is 0.262 e. The molecule has 1 unspecified atom stereocenters. The number of carbonyl (C=O) groups excluding carboxylic acids is 3. The first-order chi connectivity index (χ1) is 11.9. The number of amides is 2. The lowest BCUT2D eigenvalue weighted by molar-refractivity contribution is -0.123. The molecular weight excluding hydrogens is 338 g/mol. The van der Waals surface area contributed by atoms with Crippen molar-refractivity contribution in [1.29, 1.82) is 0 Å². The first-order valence-corrected chi connectivity index (χ1v) is 9.01. The predicted octanol–water partition coefficient (Wildman–Crippen LogP) is 1.83. The van der Waals surface area contributed by atoms with Crippen LogP contribution in [-0.2, 0) is 9.59 Å². The molecule has 0 fully saturated rings. The standard InChI is InChI=1S/C18H23N3O3S/c1-3-6-13(19)16(23)20-10-18(2,11-22)21-17(24)15-9-12-7-4-5-8-14(12)25-15/h4-5,7-9,11,13H,3,6,10,19H2,1-2H3,(H,20,23)(H,21,24)/t13?,18-/m0/s1. The smallest absolute Gasteiger partial charge is 0.262 e. The zero-order valence-electron chi connectivity index (χ0n) is 14.4. The van der Waals surface area contributed by atoms with Gasteiger partial charge < -0.3 is 21.2 Å². The van der Waals surface area contributed by atoms with Gasteiger partial charge in [-0.25, -0.2) is 0 Å². The van der Waals surface area contributed by atoms with Gasteiger partial charge >= 0.3 is 0 Å². The number of thiophene rings is 1. The lowest BCUT2D eigenvalue weighted by Gasteiger charge is -2.25. The lowest BCUT2D eigenvalue weighted by atomic mass is 10.0. The van der Waals surface area contributed by atoms with Crippen molar-refractivity contribution in [2.45, 2.75) is 38.3 Å². The molecule has 1 aromatic heterocycles. The minimum atomic E-state index is -1.20. The summed E-state index contributed by atoms with van der Waals surface area (Å²) in [5.41, 5.74) is 4.55. The van der Waals surface area contributed by atoms with Crippen LogP contribution in [0.4, 0.5) is 0 Å². The fourth-order valence-corrected chi connectivity index (χ4v) is 3.33. The van der Waals surface area contributed by atoms with Gasteiger partial charge in [-0.15, -0.1) is 11.3 Å². The molecule has 0 radical (unpaired) electrons. The molecule has 0 aliphatic heterocycles. The molecule has 2 aromatic rings. The van der Waals surface area contributed by atoms with Crippen LogP contribution >= 0.6 is 11.3 Å². The van der Waals surface area contributed by atoms with Crippen LogP contribution in [0.15, 0.2) is 30.3 Å². The second-order valence-electron chi connectivity index (χ2n) is 6.25. The Labute approximate surface area is 150 Å². The molecule has 2 rings (SSSR count). The van der Waals surface area contributed by atoms with Crippen molar-refractivity contribution >= 4 is 39.5 Å². The maximum absolute atomic E-state index is 12.5. The zero-order valence-corrected chi connectivity index (χ0v) is 15.2. The summed E-state index contributed by atoms with van der Waals surface area (Å²) in [4.78, 5) is 36.4. The largest absolute Gasteiger partial charge is 0.352 e. The van der Waals surface area contributed by atoms with Crippen LogP contribution in [0.25, 0.3) is 10.1 Å². The Kier molecular flexibility index (Phi) is 6.27. The van der Waals surface area contributed by atoms with E-state index in [1.165, 1.54) is 11.3 Å². The van der Waals surface area contributed by atoms with E-state index in [1.54, 1.807) is 13.0 Å². The summed E-state index contributed by atoms with van der Waals surface area (Å²) in [5.74, 6) is -0.672. The Hall–Kier alpha value is -2.25. The Morgan fingerprint density at radius 3 is 2.72 bits per heavy atom. The highest BCUT2D eigenvalue weighted by Gasteiger charge is 2.28. The van der Waals surface area contributed by atoms with Crippen LogP contribution in [-0.4, -0.2) is 36.2 Å². The Bertz CT molecular complexity index is 741. The molecule has 0 saturated carbocycles. The van der Waals surface area contributed by atoms with Gasteiger partial charge in [-0.1, -0.05) is 31.5 Å². The highest BCUT2D eigenvalue weighted by atomic mass is 32.1. The summed E-state index contributed by atoms with van der Waals surface area (Å²) in [6, 6.07) is 8.85. The SMILES string of the molecule is CCCC(N)C(=O)NC[C@@](C)(C=O)NC(=O)c1cc2ccccc2s1. The van der Waals surface area contributed by atoms with E-state index in [2.05, 4.69) is 10.6 Å². The summed E-state index contributed by atoms with van der Waals surface area (Å²) in [6.45, 7) is 3.49. The summed E-state index contributed by atoms with van der Waals surface area (Å²) < 4.78 is 0.999. The van der Waals surface area contributed by atoms with Gasteiger partial charge in [-0.3, -0.25) is 9.59 Å². The van der Waals surface area contributed by atoms with Gasteiger partial charge in [-0.05, 0) is 30.9 Å². The van der Waals surface area contributed by atoms with Crippen LogP contribution in [0.3, 0.4) is 0 Å². The van der Waals surface area contributed by atoms with Crippen molar-refractivity contribution in [2.24, 2.45) is 5.73 Å². The molecular formula is C18H23N3O3S. The molecule has 7 heteroatoms. The Balaban J connectivity index is 2.02. The van der Waals surface area contributed by atoms with Gasteiger partial charge in [0.05, 0.1) is 10.9 Å². The van der Waals surface area contributed by atoms with Gasteiger partial charge in [0.15, 0.2) is 0 Å². The molecule has 0 spiro atoms. The van der Waals surface area contributed by atoms with E-state index in [9.17, 15) is 14.4 Å². The van der Waals surface area contributed by atoms with Gasteiger partial charge in [-0.2, -0.15) is 0 Å². The van der Waals surface area contributed by atoms with Crippen molar-refractivity contribution in [3.63, 3.8) is 0 Å². The highest BCUT2D eigenvalue weighted by molar-refractivity contribution is 7.20. The molecule has 0 aliphatic rings. The molecule has 2 atom stereocenters. The number of carbonyl (C=O) groups is 3. The molecule has 134 valence electrons. The van der Waals surface area contributed by atoms with Crippen LogP contribution in [0.5, 0.6) is 0 Å². The van der Waals surface area contributed by atoms with E-state index < -0.39 is 11.6 Å². The molecule has 2 amide bonds. The van der Waals surface area contributed by atoms with Crippen molar-refractivity contribution in [3.05, 3.63) is 35.2 Å². The number of benzene rings is 1. The Morgan fingerprint density at radius 1 is 1.36 bits per heavy atom. The third-order valence-electron chi connectivity index (χ3n) is 3.87. The van der Waals surface area contributed by atoms with Crippen LogP contribution in [0.1, 0.15) is 36.4 Å². The molecule has 0 bridgehead atoms. The minimum Gasteiger partial charge on any atom is -0.352 e. The molecule has 0 aliphatic carbocycles. The van der Waals surface area contributed by atoms with Gasteiger partial charge in [0.2, 0.25) is 5.91 Å². The first-order valence-electron chi connectivity index (χ1n) is 8.19. The zero-order chi connectivity index (χ0) is 18.4. The quantitative estimate of drug-likeness (QED) is 0.624. The molecule has 1 aromatic carbocycles. The van der Waals surface area contributed by atoms with Gasteiger partial charge in [0, 0.05) is 11.2 Å². The number of aldehydes is 1. The van der Waals surface area contributed by atoms with E-state index >= 15 is 0 Å². The van der Waals surface area contributed by atoms with Crippen LogP contribution < -0.4 is 16.4 Å². The van der Waals surface area contributed by atoms with E-state index in [4.69, 9.17) is 5.73 Å². The van der Waals surface area contributed by atoms with E-state index in [0.29, 0.717) is 17.6 Å². The van der Waals surface area contributed by atoms with Crippen molar-refractivity contribution in [2.75, 3.05) is 6.54 Å². The van der Waals surface area contributed by atoms with Crippen LogP contribution in [0, 0.1) is 0 Å². The monoisotopic (exact) mass is 361 g/mol. The first kappa shape index (κ1) is 19.1. The molecule has 1 heterocycles. The van der Waals surface area contributed by atoms with E-state index in [1.807, 2.05) is 31.2 Å². The summed E-state index contributed by atoms with van der Waals surface area (Å²) in [6.07, 6.45) is 1.99. The highest BCUT2D eigenvalue weighted by Crippen LogP contribution is 2.25.